The smallest absolute Gasteiger partial charge is 0.338 e. The van der Waals surface area contributed by atoms with Gasteiger partial charge in [0.05, 0.1) is 18.2 Å². The molecule has 2 heterocycles. The van der Waals surface area contributed by atoms with E-state index in [0.717, 1.165) is 17.0 Å². The number of carbonyl (C=O) groups is 2. The number of hydrogen-bond acceptors (Lipinski definition) is 6. The Bertz CT molecular complexity index is 1190. The average molecular weight is 484 g/mol. The first-order valence-corrected chi connectivity index (χ1v) is 11.6. The summed E-state index contributed by atoms with van der Waals surface area (Å²) >= 11 is 7.38. The lowest BCUT2D eigenvalue weighted by molar-refractivity contribution is -0.139. The Kier molecular flexibility index (Phi) is 7.00. The van der Waals surface area contributed by atoms with Crippen molar-refractivity contribution in [1.29, 1.82) is 0 Å². The number of carbonyl (C=O) groups excluding carboxylic acids is 2. The van der Waals surface area contributed by atoms with Crippen LogP contribution < -0.4 is 10.6 Å². The molecule has 1 unspecified atom stereocenters. The van der Waals surface area contributed by atoms with Crippen molar-refractivity contribution in [1.82, 2.24) is 25.4 Å². The van der Waals surface area contributed by atoms with Crippen LogP contribution in [-0.4, -0.2) is 39.1 Å². The molecule has 0 bridgehead atoms. The molecular formula is C23H22ClN5O3S. The summed E-state index contributed by atoms with van der Waals surface area (Å²) in [4.78, 5) is 25.3. The summed E-state index contributed by atoms with van der Waals surface area (Å²) in [6.45, 7) is 1.96. The minimum atomic E-state index is -0.662. The molecule has 1 aromatic heterocycles. The maximum absolute atomic E-state index is 12.9. The second-order valence-corrected chi connectivity index (χ2v) is 8.59. The maximum atomic E-state index is 12.9. The largest absolute Gasteiger partial charge is 0.463 e. The summed E-state index contributed by atoms with van der Waals surface area (Å²) in [5.41, 5.74) is 2.48. The zero-order valence-electron chi connectivity index (χ0n) is 18.0. The van der Waals surface area contributed by atoms with E-state index in [1.54, 1.807) is 31.2 Å². The molecule has 33 heavy (non-hydrogen) atoms. The maximum Gasteiger partial charge on any atom is 0.338 e. The molecule has 8 nitrogen and oxygen atoms in total. The third-order valence-corrected chi connectivity index (χ3v) is 6.36. The molecule has 0 aliphatic carbocycles. The second-order valence-electron chi connectivity index (χ2n) is 7.22. The molecule has 0 fully saturated rings. The molecule has 1 aliphatic heterocycles. The van der Waals surface area contributed by atoms with Gasteiger partial charge in [-0.1, -0.05) is 65.8 Å². The van der Waals surface area contributed by atoms with E-state index < -0.39 is 18.0 Å². The number of ether oxygens (including phenoxy) is 1. The minimum absolute atomic E-state index is 0.216. The number of benzene rings is 2. The summed E-state index contributed by atoms with van der Waals surface area (Å²) in [6.07, 6.45) is 0. The van der Waals surface area contributed by atoms with E-state index in [1.807, 2.05) is 41.9 Å². The van der Waals surface area contributed by atoms with Crippen LogP contribution in [0.4, 0.5) is 4.79 Å². The lowest BCUT2D eigenvalue weighted by atomic mass is 9.95. The van der Waals surface area contributed by atoms with Crippen molar-refractivity contribution in [2.75, 3.05) is 12.4 Å². The monoisotopic (exact) mass is 483 g/mol. The molecule has 2 amide bonds. The van der Waals surface area contributed by atoms with Crippen molar-refractivity contribution < 1.29 is 14.3 Å². The van der Waals surface area contributed by atoms with E-state index in [9.17, 15) is 9.59 Å². The first-order valence-electron chi connectivity index (χ1n) is 10.3. The van der Waals surface area contributed by atoms with Gasteiger partial charge in [0.2, 0.25) is 0 Å². The van der Waals surface area contributed by atoms with Gasteiger partial charge in [0.25, 0.3) is 0 Å². The summed E-state index contributed by atoms with van der Waals surface area (Å²) in [5.74, 6) is 0.529. The molecular weight excluding hydrogens is 462 g/mol. The van der Waals surface area contributed by atoms with Crippen molar-refractivity contribution in [3.63, 3.8) is 0 Å². The standard InChI is InChI=1S/C23H22ClN5O3S/c1-3-32-21(30)18-17(25-22(31)26-19(18)14-9-11-16(24)12-10-14)13-33-23-28-27-20(29(23)2)15-7-5-4-6-8-15/h4-12,19H,3,13H2,1-2H3,(H2,25,26,31). The van der Waals surface area contributed by atoms with E-state index in [4.69, 9.17) is 16.3 Å². The summed E-state index contributed by atoms with van der Waals surface area (Å²) in [6, 6.07) is 15.7. The molecule has 0 saturated carbocycles. The molecule has 170 valence electrons. The topological polar surface area (TPSA) is 98.1 Å². The first kappa shape index (κ1) is 22.9. The normalized spacial score (nSPS) is 15.7. The Hall–Kier alpha value is -3.30. The van der Waals surface area contributed by atoms with Crippen LogP contribution in [0.25, 0.3) is 11.4 Å². The fourth-order valence-corrected chi connectivity index (χ4v) is 4.51. The molecule has 2 N–H and O–H groups in total. The highest BCUT2D eigenvalue weighted by Crippen LogP contribution is 2.31. The van der Waals surface area contributed by atoms with Crippen molar-refractivity contribution in [2.24, 2.45) is 7.05 Å². The Morgan fingerprint density at radius 1 is 1.15 bits per heavy atom. The van der Waals surface area contributed by atoms with Gasteiger partial charge in [0.15, 0.2) is 11.0 Å². The van der Waals surface area contributed by atoms with E-state index in [0.29, 0.717) is 27.2 Å². The zero-order valence-corrected chi connectivity index (χ0v) is 19.6. The van der Waals surface area contributed by atoms with Crippen LogP contribution in [-0.2, 0) is 16.6 Å². The number of nitrogens with zero attached hydrogens (tertiary/aromatic N) is 3. The van der Waals surface area contributed by atoms with Gasteiger partial charge in [-0.2, -0.15) is 0 Å². The second kappa shape index (κ2) is 10.1. The van der Waals surface area contributed by atoms with Gasteiger partial charge in [-0.3, -0.25) is 0 Å². The zero-order chi connectivity index (χ0) is 23.4. The van der Waals surface area contributed by atoms with Gasteiger partial charge in [0, 0.05) is 29.1 Å². The van der Waals surface area contributed by atoms with Gasteiger partial charge in [-0.15, -0.1) is 10.2 Å². The summed E-state index contributed by atoms with van der Waals surface area (Å²) in [7, 11) is 1.88. The van der Waals surface area contributed by atoms with E-state index >= 15 is 0 Å². The van der Waals surface area contributed by atoms with Gasteiger partial charge in [0.1, 0.15) is 0 Å². The number of halogens is 1. The van der Waals surface area contributed by atoms with Crippen molar-refractivity contribution in [2.45, 2.75) is 18.1 Å². The third kappa shape index (κ3) is 5.04. The predicted molar refractivity (Wildman–Crippen MR) is 127 cm³/mol. The van der Waals surface area contributed by atoms with E-state index in [2.05, 4.69) is 20.8 Å². The lowest BCUT2D eigenvalue weighted by Gasteiger charge is -2.29. The fraction of sp³-hybridized carbons (Fsp3) is 0.217. The molecule has 0 radical (unpaired) electrons. The highest BCUT2D eigenvalue weighted by atomic mass is 35.5. The Balaban J connectivity index is 1.65. The molecule has 2 aromatic carbocycles. The summed E-state index contributed by atoms with van der Waals surface area (Å²) < 4.78 is 7.18. The summed E-state index contributed by atoms with van der Waals surface area (Å²) in [5, 5.41) is 15.4. The fourth-order valence-electron chi connectivity index (χ4n) is 3.50. The van der Waals surface area contributed by atoms with Crippen LogP contribution in [0.2, 0.25) is 5.02 Å². The number of nitrogens with one attached hydrogen (secondary N) is 2. The quantitative estimate of drug-likeness (QED) is 0.388. The van der Waals surface area contributed by atoms with Crippen LogP contribution in [0.3, 0.4) is 0 Å². The number of thioether (sulfide) groups is 1. The van der Waals surface area contributed by atoms with Crippen LogP contribution >= 0.6 is 23.4 Å². The average Bonchev–Trinajstić information content (AvgIpc) is 3.18. The number of amides is 2. The minimum Gasteiger partial charge on any atom is -0.463 e. The SMILES string of the molecule is CCOC(=O)C1=C(CSc2nnc(-c3ccccc3)n2C)NC(=O)NC1c1ccc(Cl)cc1. The van der Waals surface area contributed by atoms with Gasteiger partial charge < -0.3 is 19.9 Å². The van der Waals surface area contributed by atoms with Crippen molar-refractivity contribution >= 4 is 35.4 Å². The number of urea groups is 1. The highest BCUT2D eigenvalue weighted by molar-refractivity contribution is 7.99. The number of esters is 1. The molecule has 1 aliphatic rings. The number of rotatable bonds is 7. The molecule has 3 aromatic rings. The van der Waals surface area contributed by atoms with Gasteiger partial charge in [-0.05, 0) is 24.6 Å². The van der Waals surface area contributed by atoms with Crippen LogP contribution in [0, 0.1) is 0 Å². The van der Waals surface area contributed by atoms with Gasteiger partial charge in [-0.25, -0.2) is 9.59 Å². The molecule has 10 heteroatoms. The van der Waals surface area contributed by atoms with Gasteiger partial charge >= 0.3 is 12.0 Å². The predicted octanol–water partition coefficient (Wildman–Crippen LogP) is 4.10. The van der Waals surface area contributed by atoms with Crippen LogP contribution in [0.15, 0.2) is 71.0 Å². The first-order chi connectivity index (χ1) is 16.0. The van der Waals surface area contributed by atoms with Crippen LogP contribution in [0.1, 0.15) is 18.5 Å². The van der Waals surface area contributed by atoms with Crippen LogP contribution in [0.5, 0.6) is 0 Å². The van der Waals surface area contributed by atoms with E-state index in [1.165, 1.54) is 11.8 Å². The Morgan fingerprint density at radius 3 is 2.58 bits per heavy atom. The third-order valence-electron chi connectivity index (χ3n) is 5.06. The highest BCUT2D eigenvalue weighted by Gasteiger charge is 2.34. The van der Waals surface area contributed by atoms with Crippen molar-refractivity contribution in [3.8, 4) is 11.4 Å². The number of aromatic nitrogens is 3. The molecule has 1 atom stereocenters. The molecule has 0 saturated heterocycles. The molecule has 4 rings (SSSR count). The molecule has 0 spiro atoms. The number of hydrogen-bond donors (Lipinski definition) is 2. The lowest BCUT2D eigenvalue weighted by Crippen LogP contribution is -2.46. The Labute approximate surface area is 200 Å². The van der Waals surface area contributed by atoms with Crippen molar-refractivity contribution in [3.05, 3.63) is 76.5 Å². The van der Waals surface area contributed by atoms with E-state index in [-0.39, 0.29) is 6.61 Å². The Morgan fingerprint density at radius 2 is 1.88 bits per heavy atom.